The highest BCUT2D eigenvalue weighted by molar-refractivity contribution is 6.20. The highest BCUT2D eigenvalue weighted by Crippen LogP contribution is 2.50. The van der Waals surface area contributed by atoms with Crippen molar-refractivity contribution in [3.05, 3.63) is 47.5 Å². The van der Waals surface area contributed by atoms with E-state index in [9.17, 15) is 14.4 Å². The number of fused-ring (bicyclic) bond motifs is 5. The second-order valence-corrected chi connectivity index (χ2v) is 10.5. The van der Waals surface area contributed by atoms with Crippen molar-refractivity contribution in [2.75, 3.05) is 29.7 Å². The maximum Gasteiger partial charge on any atom is 0.328 e. The zero-order chi connectivity index (χ0) is 27.1. The Labute approximate surface area is 221 Å². The average molecular weight is 537 g/mol. The Morgan fingerprint density at radius 2 is 1.85 bits per heavy atom. The number of nitrogens with one attached hydrogen (secondary N) is 2. The summed E-state index contributed by atoms with van der Waals surface area (Å²) in [7, 11) is 0. The molecule has 4 atom stereocenters. The molecule has 3 saturated heterocycles. The summed E-state index contributed by atoms with van der Waals surface area (Å²) in [5.74, 6) is -1.72. The first-order valence-corrected chi connectivity index (χ1v) is 12.7. The monoisotopic (exact) mass is 536 g/mol. The molecule has 39 heavy (non-hydrogen) atoms. The Hall–Kier alpha value is -4.10. The van der Waals surface area contributed by atoms with Crippen LogP contribution < -0.4 is 20.4 Å². The van der Waals surface area contributed by atoms with E-state index in [-0.39, 0.29) is 43.1 Å². The fourth-order valence-electron chi connectivity index (χ4n) is 6.66. The quantitative estimate of drug-likeness (QED) is 0.466. The van der Waals surface area contributed by atoms with E-state index >= 15 is 4.39 Å². The van der Waals surface area contributed by atoms with Gasteiger partial charge in [0.15, 0.2) is 17.1 Å². The normalized spacial score (nSPS) is 27.9. The molecule has 4 aliphatic heterocycles. The summed E-state index contributed by atoms with van der Waals surface area (Å²) in [6.45, 7) is 4.42. The molecule has 6 heterocycles. The van der Waals surface area contributed by atoms with Crippen molar-refractivity contribution in [3.8, 4) is 0 Å². The zero-order valence-corrected chi connectivity index (χ0v) is 21.1. The fraction of sp³-hybridized carbons (Fsp3) is 0.423. The molecule has 4 aliphatic rings. The molecular formula is C26H25FN6O6. The van der Waals surface area contributed by atoms with Gasteiger partial charge in [0.1, 0.15) is 6.73 Å². The van der Waals surface area contributed by atoms with Gasteiger partial charge in [0.05, 0.1) is 42.0 Å². The van der Waals surface area contributed by atoms with Crippen LogP contribution in [0.15, 0.2) is 35.1 Å². The van der Waals surface area contributed by atoms with Gasteiger partial charge in [-0.15, -0.1) is 0 Å². The van der Waals surface area contributed by atoms with Crippen LogP contribution in [0, 0.1) is 11.2 Å². The average Bonchev–Trinajstić information content (AvgIpc) is 3.54. The van der Waals surface area contributed by atoms with Gasteiger partial charge in [0.2, 0.25) is 17.4 Å². The minimum absolute atomic E-state index is 0.0293. The van der Waals surface area contributed by atoms with Crippen LogP contribution >= 0.6 is 0 Å². The van der Waals surface area contributed by atoms with Crippen molar-refractivity contribution in [2.24, 2.45) is 5.41 Å². The van der Waals surface area contributed by atoms with Crippen LogP contribution in [-0.4, -0.2) is 66.1 Å². The second kappa shape index (κ2) is 8.45. The van der Waals surface area contributed by atoms with E-state index < -0.39 is 41.2 Å². The highest BCUT2D eigenvalue weighted by Gasteiger charge is 2.63. The summed E-state index contributed by atoms with van der Waals surface area (Å²) in [5, 5.41) is 9.12. The number of rotatable bonds is 2. The number of amides is 4. The van der Waals surface area contributed by atoms with Gasteiger partial charge >= 0.3 is 6.03 Å². The van der Waals surface area contributed by atoms with Crippen LogP contribution in [0.25, 0.3) is 11.0 Å². The first-order chi connectivity index (χ1) is 18.8. The van der Waals surface area contributed by atoms with Gasteiger partial charge in [0, 0.05) is 25.4 Å². The Morgan fingerprint density at radius 3 is 2.59 bits per heavy atom. The lowest BCUT2D eigenvalue weighted by Gasteiger charge is -2.55. The van der Waals surface area contributed by atoms with E-state index in [1.54, 1.807) is 30.3 Å². The molecule has 2 aromatic heterocycles. The van der Waals surface area contributed by atoms with Crippen LogP contribution in [0.3, 0.4) is 0 Å². The lowest BCUT2D eigenvalue weighted by atomic mass is 9.66. The number of imide groups is 2. The molecule has 13 heteroatoms. The van der Waals surface area contributed by atoms with E-state index in [0.29, 0.717) is 23.4 Å². The number of benzene rings is 1. The van der Waals surface area contributed by atoms with E-state index in [0.717, 1.165) is 5.56 Å². The molecule has 12 nitrogen and oxygen atoms in total. The summed E-state index contributed by atoms with van der Waals surface area (Å²) in [6, 6.07) is 3.54. The van der Waals surface area contributed by atoms with E-state index in [2.05, 4.69) is 20.8 Å². The third-order valence-corrected chi connectivity index (χ3v) is 8.19. The van der Waals surface area contributed by atoms with Gasteiger partial charge in [-0.1, -0.05) is 5.16 Å². The maximum absolute atomic E-state index is 16.4. The first-order valence-electron chi connectivity index (χ1n) is 12.7. The number of morpholine rings is 1. The van der Waals surface area contributed by atoms with Crippen molar-refractivity contribution in [3.63, 3.8) is 0 Å². The van der Waals surface area contributed by atoms with Crippen LogP contribution in [0.2, 0.25) is 0 Å². The maximum atomic E-state index is 16.4. The molecule has 4 amide bonds. The summed E-state index contributed by atoms with van der Waals surface area (Å²) in [6.07, 6.45) is 2.31. The molecule has 3 aromatic rings. The number of aromatic nitrogens is 2. The molecule has 1 aromatic carbocycles. The number of hydrogen-bond acceptors (Lipinski definition) is 10. The van der Waals surface area contributed by atoms with E-state index in [1.165, 1.54) is 0 Å². The number of carbonyl (C=O) groups excluding carboxylic acids is 3. The van der Waals surface area contributed by atoms with Gasteiger partial charge in [-0.05, 0) is 43.2 Å². The standard InChI is InChI=1S/C26H25FN6O6/c1-12-9-32-19-15(8-26(21(32)13(2)38-12)23(34)29-25(36)30-24(26)35)7-16-20(18(19)27)39-31-22(16)33-11-37-10-17(33)14-3-5-28-6-4-14/h3-7,12-13,17,21H,8-11H2,1-2H3,(H2,29,30,34,35,36)/t12-,13+,17-,21-/m1/s1. The number of carbonyl (C=O) groups is 3. The molecule has 3 fully saturated rings. The molecular weight excluding hydrogens is 511 g/mol. The number of anilines is 2. The molecule has 0 unspecified atom stereocenters. The molecule has 7 rings (SSSR count). The number of barbiturate groups is 1. The third kappa shape index (κ3) is 3.32. The van der Waals surface area contributed by atoms with Crippen molar-refractivity contribution in [1.82, 2.24) is 20.8 Å². The predicted octanol–water partition coefficient (Wildman–Crippen LogP) is 1.79. The van der Waals surface area contributed by atoms with Crippen LogP contribution in [0.4, 0.5) is 20.7 Å². The summed E-state index contributed by atoms with van der Waals surface area (Å²) in [5.41, 5.74) is -0.117. The number of hydrogen-bond donors (Lipinski definition) is 2. The van der Waals surface area contributed by atoms with Crippen molar-refractivity contribution in [2.45, 2.75) is 44.6 Å². The number of pyridine rings is 1. The molecule has 2 N–H and O–H groups in total. The first kappa shape index (κ1) is 24.0. The number of urea groups is 1. The van der Waals surface area contributed by atoms with Gasteiger partial charge in [0.25, 0.3) is 0 Å². The van der Waals surface area contributed by atoms with Crippen molar-refractivity contribution < 1.29 is 32.8 Å². The van der Waals surface area contributed by atoms with Crippen LogP contribution in [0.5, 0.6) is 0 Å². The number of halogens is 1. The fourth-order valence-corrected chi connectivity index (χ4v) is 6.66. The SMILES string of the molecule is C[C@@H]1CN2c3c(cc4c(N5COC[C@@H]5c5ccncc5)noc4c3F)CC3(C(=O)NC(=O)NC3=O)[C@H]2[C@H](C)O1. The predicted molar refractivity (Wildman–Crippen MR) is 133 cm³/mol. The largest absolute Gasteiger partial charge is 0.372 e. The Kier molecular flexibility index (Phi) is 5.19. The second-order valence-electron chi connectivity index (χ2n) is 10.5. The summed E-state index contributed by atoms with van der Waals surface area (Å²) < 4.78 is 33.7. The van der Waals surface area contributed by atoms with E-state index in [1.807, 2.05) is 24.0 Å². The molecule has 0 saturated carbocycles. The van der Waals surface area contributed by atoms with Gasteiger partial charge in [-0.2, -0.15) is 0 Å². The molecule has 1 spiro atoms. The minimum atomic E-state index is -1.71. The Balaban J connectivity index is 1.40. The topological polar surface area (TPSA) is 139 Å². The molecule has 0 aliphatic carbocycles. The molecule has 0 bridgehead atoms. The van der Waals surface area contributed by atoms with Crippen molar-refractivity contribution in [1.29, 1.82) is 0 Å². The third-order valence-electron chi connectivity index (χ3n) is 8.19. The van der Waals surface area contributed by atoms with Gasteiger partial charge < -0.3 is 23.8 Å². The van der Waals surface area contributed by atoms with E-state index in [4.69, 9.17) is 14.0 Å². The Bertz CT molecular complexity index is 1510. The van der Waals surface area contributed by atoms with Gasteiger partial charge in [-0.3, -0.25) is 25.2 Å². The lowest BCUT2D eigenvalue weighted by molar-refractivity contribution is -0.153. The minimum Gasteiger partial charge on any atom is -0.372 e. The number of ether oxygens (including phenoxy) is 2. The summed E-state index contributed by atoms with van der Waals surface area (Å²) >= 11 is 0. The number of nitrogens with zero attached hydrogens (tertiary/aromatic N) is 4. The van der Waals surface area contributed by atoms with Crippen molar-refractivity contribution >= 4 is 40.3 Å². The molecule has 0 radical (unpaired) electrons. The zero-order valence-electron chi connectivity index (χ0n) is 21.1. The lowest BCUT2D eigenvalue weighted by Crippen LogP contribution is -2.75. The highest BCUT2D eigenvalue weighted by atomic mass is 19.1. The smallest absolute Gasteiger partial charge is 0.328 e. The van der Waals surface area contributed by atoms with Crippen LogP contribution in [0.1, 0.15) is 31.0 Å². The summed E-state index contributed by atoms with van der Waals surface area (Å²) in [4.78, 5) is 46.5. The molecule has 202 valence electrons. The van der Waals surface area contributed by atoms with Crippen LogP contribution in [-0.2, 0) is 25.5 Å². The van der Waals surface area contributed by atoms with Gasteiger partial charge in [-0.25, -0.2) is 9.18 Å². The Morgan fingerprint density at radius 1 is 1.10 bits per heavy atom.